The van der Waals surface area contributed by atoms with E-state index < -0.39 is 0 Å². The summed E-state index contributed by atoms with van der Waals surface area (Å²) in [7, 11) is 0. The number of anilines is 1. The van der Waals surface area contributed by atoms with E-state index in [4.69, 9.17) is 23.2 Å². The summed E-state index contributed by atoms with van der Waals surface area (Å²) in [5, 5.41) is 3.62. The maximum absolute atomic E-state index is 12.8. The van der Waals surface area contributed by atoms with Crippen molar-refractivity contribution in [3.8, 4) is 11.3 Å². The zero-order valence-electron chi connectivity index (χ0n) is 16.8. The summed E-state index contributed by atoms with van der Waals surface area (Å²) in [6.07, 6.45) is 4.86. The first-order chi connectivity index (χ1) is 15.0. The number of benzene rings is 2. The molecule has 1 fully saturated rings. The first kappa shape index (κ1) is 21.3. The van der Waals surface area contributed by atoms with Gasteiger partial charge in [-0.2, -0.15) is 0 Å². The molecule has 0 aliphatic carbocycles. The number of likely N-dealkylation sites (tertiary alicyclic amines) is 1. The van der Waals surface area contributed by atoms with E-state index in [1.54, 1.807) is 42.6 Å². The normalized spacial score (nSPS) is 13.7. The van der Waals surface area contributed by atoms with Gasteiger partial charge in [0.1, 0.15) is 0 Å². The molecule has 1 saturated heterocycles. The number of rotatable bonds is 4. The van der Waals surface area contributed by atoms with E-state index >= 15 is 0 Å². The lowest BCUT2D eigenvalue weighted by molar-refractivity contribution is 0.0724. The zero-order valence-corrected chi connectivity index (χ0v) is 18.3. The molecule has 5 nitrogen and oxygen atoms in total. The average molecular weight is 454 g/mol. The van der Waals surface area contributed by atoms with E-state index in [2.05, 4.69) is 10.3 Å². The van der Waals surface area contributed by atoms with Crippen LogP contribution in [0.25, 0.3) is 11.3 Å². The Balaban J connectivity index is 1.52. The van der Waals surface area contributed by atoms with Crippen molar-refractivity contribution >= 4 is 40.7 Å². The standard InChI is InChI=1S/C24H21Cl2N3O2/c25-20-10-8-17(15-19(20)22-6-2-3-11-27-22)28-23(30)18-9-7-16(14-21(18)26)24(31)29-12-4-1-5-13-29/h2-3,6-11,14-15H,1,4-5,12-13H2,(H,28,30). The number of pyridine rings is 1. The first-order valence-corrected chi connectivity index (χ1v) is 10.9. The summed E-state index contributed by atoms with van der Waals surface area (Å²) in [6, 6.07) is 15.5. The van der Waals surface area contributed by atoms with Gasteiger partial charge in [0.05, 0.1) is 21.3 Å². The summed E-state index contributed by atoms with van der Waals surface area (Å²) in [5.74, 6) is -0.414. The molecule has 0 atom stereocenters. The number of nitrogens with zero attached hydrogens (tertiary/aromatic N) is 2. The monoisotopic (exact) mass is 453 g/mol. The lowest BCUT2D eigenvalue weighted by Gasteiger charge is -2.26. The number of carbonyl (C=O) groups excluding carboxylic acids is 2. The van der Waals surface area contributed by atoms with Crippen LogP contribution in [0.1, 0.15) is 40.0 Å². The highest BCUT2D eigenvalue weighted by atomic mass is 35.5. The van der Waals surface area contributed by atoms with Crippen LogP contribution in [0.2, 0.25) is 10.0 Å². The Bertz CT molecular complexity index is 1110. The second-order valence-corrected chi connectivity index (χ2v) is 8.23. The van der Waals surface area contributed by atoms with Gasteiger partial charge in [-0.25, -0.2) is 0 Å². The molecule has 3 aromatic rings. The molecule has 0 bridgehead atoms. The Morgan fingerprint density at radius 2 is 1.71 bits per heavy atom. The third-order valence-corrected chi connectivity index (χ3v) is 5.91. The molecule has 0 spiro atoms. The fourth-order valence-corrected chi connectivity index (χ4v) is 4.11. The minimum absolute atomic E-state index is 0.0498. The molecule has 1 aliphatic rings. The quantitative estimate of drug-likeness (QED) is 0.531. The molecule has 0 radical (unpaired) electrons. The molecule has 2 heterocycles. The van der Waals surface area contributed by atoms with Gasteiger partial charge in [-0.1, -0.05) is 29.3 Å². The predicted molar refractivity (Wildman–Crippen MR) is 124 cm³/mol. The molecule has 1 aromatic heterocycles. The maximum Gasteiger partial charge on any atom is 0.257 e. The Labute approximate surface area is 191 Å². The van der Waals surface area contributed by atoms with Crippen LogP contribution < -0.4 is 5.32 Å². The average Bonchev–Trinajstić information content (AvgIpc) is 2.80. The van der Waals surface area contributed by atoms with Gasteiger partial charge in [0.2, 0.25) is 0 Å². The van der Waals surface area contributed by atoms with Crippen molar-refractivity contribution in [1.82, 2.24) is 9.88 Å². The van der Waals surface area contributed by atoms with Gasteiger partial charge < -0.3 is 10.2 Å². The second-order valence-electron chi connectivity index (χ2n) is 7.41. The van der Waals surface area contributed by atoms with Crippen molar-refractivity contribution in [3.63, 3.8) is 0 Å². The van der Waals surface area contributed by atoms with Gasteiger partial charge in [-0.05, 0) is 67.8 Å². The molecule has 31 heavy (non-hydrogen) atoms. The molecular weight excluding hydrogens is 433 g/mol. The van der Waals surface area contributed by atoms with Gasteiger partial charge in [-0.15, -0.1) is 0 Å². The Morgan fingerprint density at radius 1 is 0.903 bits per heavy atom. The molecule has 158 valence electrons. The SMILES string of the molecule is O=C(Nc1ccc(Cl)c(-c2ccccn2)c1)c1ccc(C(=O)N2CCCCC2)cc1Cl. The topological polar surface area (TPSA) is 62.3 Å². The van der Waals surface area contributed by atoms with Crippen molar-refractivity contribution < 1.29 is 9.59 Å². The van der Waals surface area contributed by atoms with Crippen molar-refractivity contribution in [2.24, 2.45) is 0 Å². The van der Waals surface area contributed by atoms with E-state index in [-0.39, 0.29) is 16.8 Å². The third kappa shape index (κ3) is 4.89. The van der Waals surface area contributed by atoms with Crippen LogP contribution in [0.5, 0.6) is 0 Å². The van der Waals surface area contributed by atoms with E-state index in [1.165, 1.54) is 0 Å². The molecule has 1 aliphatic heterocycles. The summed E-state index contributed by atoms with van der Waals surface area (Å²) in [4.78, 5) is 31.6. The maximum atomic E-state index is 12.8. The summed E-state index contributed by atoms with van der Waals surface area (Å²) < 4.78 is 0. The predicted octanol–water partition coefficient (Wildman–Crippen LogP) is 5.93. The molecule has 2 amide bonds. The second kappa shape index (κ2) is 9.50. The zero-order chi connectivity index (χ0) is 21.8. The lowest BCUT2D eigenvalue weighted by Crippen LogP contribution is -2.35. The van der Waals surface area contributed by atoms with Crippen molar-refractivity contribution in [2.75, 3.05) is 18.4 Å². The van der Waals surface area contributed by atoms with Gasteiger partial charge in [0.25, 0.3) is 11.8 Å². The van der Waals surface area contributed by atoms with Gasteiger partial charge >= 0.3 is 0 Å². The summed E-state index contributed by atoms with van der Waals surface area (Å²) >= 11 is 12.7. The van der Waals surface area contributed by atoms with Crippen molar-refractivity contribution in [1.29, 1.82) is 0 Å². The largest absolute Gasteiger partial charge is 0.339 e. The van der Waals surface area contributed by atoms with Crippen LogP contribution >= 0.6 is 23.2 Å². The number of aromatic nitrogens is 1. The number of hydrogen-bond donors (Lipinski definition) is 1. The first-order valence-electron chi connectivity index (χ1n) is 10.1. The van der Waals surface area contributed by atoms with Gasteiger partial charge in [0, 0.05) is 36.1 Å². The molecular formula is C24H21Cl2N3O2. The molecule has 7 heteroatoms. The highest BCUT2D eigenvalue weighted by Crippen LogP contribution is 2.30. The summed E-state index contributed by atoms with van der Waals surface area (Å²) in [5.41, 5.74) is 2.79. The van der Waals surface area contributed by atoms with Crippen LogP contribution in [0.3, 0.4) is 0 Å². The fraction of sp³-hybridized carbons (Fsp3) is 0.208. The van der Waals surface area contributed by atoms with Gasteiger partial charge in [-0.3, -0.25) is 14.6 Å². The molecule has 0 saturated carbocycles. The Hall–Kier alpha value is -2.89. The smallest absolute Gasteiger partial charge is 0.257 e. The number of hydrogen-bond acceptors (Lipinski definition) is 3. The third-order valence-electron chi connectivity index (χ3n) is 5.27. The van der Waals surface area contributed by atoms with E-state index in [0.29, 0.717) is 33.1 Å². The van der Waals surface area contributed by atoms with Crippen LogP contribution in [0, 0.1) is 0 Å². The minimum atomic E-state index is -0.365. The van der Waals surface area contributed by atoms with E-state index in [1.807, 2.05) is 23.1 Å². The number of carbonyl (C=O) groups is 2. The molecule has 1 N–H and O–H groups in total. The van der Waals surface area contributed by atoms with Gasteiger partial charge in [0.15, 0.2) is 0 Å². The van der Waals surface area contributed by atoms with Crippen LogP contribution in [-0.4, -0.2) is 34.8 Å². The van der Waals surface area contributed by atoms with Crippen molar-refractivity contribution in [3.05, 3.63) is 82.0 Å². The lowest BCUT2D eigenvalue weighted by atomic mass is 10.1. The van der Waals surface area contributed by atoms with Crippen LogP contribution in [0.4, 0.5) is 5.69 Å². The number of halogens is 2. The van der Waals surface area contributed by atoms with E-state index in [9.17, 15) is 9.59 Å². The fourth-order valence-electron chi connectivity index (χ4n) is 3.63. The van der Waals surface area contributed by atoms with Crippen LogP contribution in [0.15, 0.2) is 60.8 Å². The molecule has 2 aromatic carbocycles. The highest BCUT2D eigenvalue weighted by Gasteiger charge is 2.20. The highest BCUT2D eigenvalue weighted by molar-refractivity contribution is 6.35. The van der Waals surface area contributed by atoms with E-state index in [0.717, 1.165) is 32.4 Å². The van der Waals surface area contributed by atoms with Crippen molar-refractivity contribution in [2.45, 2.75) is 19.3 Å². The number of nitrogens with one attached hydrogen (secondary N) is 1. The Kier molecular flexibility index (Phi) is 6.54. The molecule has 0 unspecified atom stereocenters. The molecule has 4 rings (SSSR count). The summed E-state index contributed by atoms with van der Waals surface area (Å²) in [6.45, 7) is 1.52. The van der Waals surface area contributed by atoms with Crippen LogP contribution in [-0.2, 0) is 0 Å². The number of piperidine rings is 1. The number of amides is 2. The Morgan fingerprint density at radius 3 is 2.42 bits per heavy atom. The minimum Gasteiger partial charge on any atom is -0.339 e.